The number of amides is 1. The highest BCUT2D eigenvalue weighted by molar-refractivity contribution is 5.76. The van der Waals surface area contributed by atoms with Crippen LogP contribution in [0.2, 0.25) is 0 Å². The van der Waals surface area contributed by atoms with E-state index in [4.69, 9.17) is 0 Å². The summed E-state index contributed by atoms with van der Waals surface area (Å²) in [5.74, 6) is 0.102. The topological polar surface area (TPSA) is 52.2 Å². The molecular weight excluding hydrogens is 324 g/mol. The lowest BCUT2D eigenvalue weighted by Crippen LogP contribution is -2.52. The number of carbonyl (C=O) groups is 1. The third kappa shape index (κ3) is 7.56. The summed E-state index contributed by atoms with van der Waals surface area (Å²) in [4.78, 5) is 12.2. The van der Waals surface area contributed by atoms with E-state index in [0.29, 0.717) is 12.8 Å². The second-order valence-corrected chi connectivity index (χ2v) is 9.37. The lowest BCUT2D eigenvalue weighted by molar-refractivity contribution is -0.246. The average Bonchev–Trinajstić information content (AvgIpc) is 2.72. The Labute approximate surface area is 162 Å². The van der Waals surface area contributed by atoms with Gasteiger partial charge in [-0.25, -0.2) is 0 Å². The van der Waals surface area contributed by atoms with Gasteiger partial charge in [-0.3, -0.25) is 4.79 Å². The van der Waals surface area contributed by atoms with Gasteiger partial charge in [-0.1, -0.05) is 71.1 Å². The van der Waals surface area contributed by atoms with Crippen LogP contribution in [0, 0.1) is 0 Å². The van der Waals surface area contributed by atoms with Crippen molar-refractivity contribution in [3.63, 3.8) is 0 Å². The summed E-state index contributed by atoms with van der Waals surface area (Å²) >= 11 is 0. The maximum atomic E-state index is 12.4. The van der Waals surface area contributed by atoms with Gasteiger partial charge in [0.15, 0.2) is 0 Å². The summed E-state index contributed by atoms with van der Waals surface area (Å²) in [7, 11) is 0. The molecule has 0 aromatic rings. The van der Waals surface area contributed by atoms with Crippen molar-refractivity contribution in [1.29, 1.82) is 0 Å². The molecule has 1 unspecified atom stereocenters. The Balaban J connectivity index is 2.06. The van der Waals surface area contributed by atoms with E-state index in [1.807, 2.05) is 27.7 Å². The molecule has 1 N–H and O–H groups in total. The quantitative estimate of drug-likeness (QED) is 0.419. The third-order valence-electron chi connectivity index (χ3n) is 5.97. The zero-order valence-electron chi connectivity index (χ0n) is 18.0. The van der Waals surface area contributed by atoms with Crippen LogP contribution in [0.5, 0.6) is 0 Å². The zero-order valence-corrected chi connectivity index (χ0v) is 18.0. The number of hydrogen-bond acceptors (Lipinski definition) is 2. The second kappa shape index (κ2) is 11.3. The van der Waals surface area contributed by atoms with Gasteiger partial charge in [-0.15, -0.1) is 10.3 Å². The predicted molar refractivity (Wildman–Crippen MR) is 108 cm³/mol. The fourth-order valence-corrected chi connectivity index (χ4v) is 4.20. The van der Waals surface area contributed by atoms with Gasteiger partial charge in [-0.2, -0.15) is 0 Å². The van der Waals surface area contributed by atoms with E-state index >= 15 is 0 Å². The van der Waals surface area contributed by atoms with Crippen LogP contribution in [0.4, 0.5) is 0 Å². The molecule has 1 aliphatic rings. The fourth-order valence-electron chi connectivity index (χ4n) is 4.20. The van der Waals surface area contributed by atoms with E-state index in [1.54, 1.807) is 0 Å². The SMILES string of the molecule is CCCCCCCCCCCCCC(=O)NC1CC(C)(C)N([O])C1(C)C. The molecule has 153 valence electrons. The van der Waals surface area contributed by atoms with Crippen molar-refractivity contribution in [2.24, 2.45) is 0 Å². The molecule has 1 atom stereocenters. The first kappa shape index (κ1) is 23.4. The minimum absolute atomic E-state index is 0.0600. The monoisotopic (exact) mass is 367 g/mol. The number of nitrogens with one attached hydrogen (secondary N) is 1. The maximum Gasteiger partial charge on any atom is 0.220 e. The van der Waals surface area contributed by atoms with Crippen molar-refractivity contribution >= 4 is 5.91 Å². The first-order chi connectivity index (χ1) is 12.2. The van der Waals surface area contributed by atoms with Crippen LogP contribution >= 0.6 is 0 Å². The first-order valence-corrected chi connectivity index (χ1v) is 11.0. The van der Waals surface area contributed by atoms with E-state index in [1.165, 1.54) is 57.8 Å². The Hall–Kier alpha value is -0.610. The number of carbonyl (C=O) groups excluding carboxylic acids is 1. The Morgan fingerprint density at radius 2 is 1.35 bits per heavy atom. The van der Waals surface area contributed by atoms with Crippen LogP contribution in [-0.4, -0.2) is 28.1 Å². The van der Waals surface area contributed by atoms with Crippen LogP contribution in [-0.2, 0) is 10.0 Å². The van der Waals surface area contributed by atoms with Gasteiger partial charge in [0, 0.05) is 12.0 Å². The Morgan fingerprint density at radius 1 is 0.885 bits per heavy atom. The molecule has 4 nitrogen and oxygen atoms in total. The van der Waals surface area contributed by atoms with E-state index in [-0.39, 0.29) is 11.9 Å². The molecule has 1 fully saturated rings. The summed E-state index contributed by atoms with van der Waals surface area (Å²) in [5, 5.41) is 16.6. The van der Waals surface area contributed by atoms with Crippen molar-refractivity contribution in [3.05, 3.63) is 0 Å². The summed E-state index contributed by atoms with van der Waals surface area (Å²) in [6.45, 7) is 10.0. The normalized spacial score (nSPS) is 21.8. The predicted octanol–water partition coefficient (Wildman–Crippen LogP) is 5.78. The van der Waals surface area contributed by atoms with E-state index in [2.05, 4.69) is 12.2 Å². The van der Waals surface area contributed by atoms with Crippen molar-refractivity contribution < 1.29 is 10.0 Å². The van der Waals surface area contributed by atoms with Gasteiger partial charge in [0.1, 0.15) is 0 Å². The van der Waals surface area contributed by atoms with Gasteiger partial charge >= 0.3 is 0 Å². The highest BCUT2D eigenvalue weighted by Gasteiger charge is 2.52. The lowest BCUT2D eigenvalue weighted by Gasteiger charge is -2.33. The van der Waals surface area contributed by atoms with E-state index in [0.717, 1.165) is 17.9 Å². The van der Waals surface area contributed by atoms with Gasteiger partial charge in [0.25, 0.3) is 0 Å². The first-order valence-electron chi connectivity index (χ1n) is 11.0. The average molecular weight is 368 g/mol. The van der Waals surface area contributed by atoms with Crippen LogP contribution in [0.25, 0.3) is 0 Å². The standard InChI is InChI=1S/C22H43N2O2/c1-6-7-8-9-10-11-12-13-14-15-16-17-20(25)23-19-18-21(2,3)24(26)22(19,4)5/h19H,6-18H2,1-5H3,(H,23,25). The second-order valence-electron chi connectivity index (χ2n) is 9.37. The minimum Gasteiger partial charge on any atom is -0.351 e. The molecule has 1 amide bonds. The van der Waals surface area contributed by atoms with Crippen molar-refractivity contribution in [2.75, 3.05) is 0 Å². The van der Waals surface area contributed by atoms with E-state index in [9.17, 15) is 10.0 Å². The molecule has 0 aromatic carbocycles. The lowest BCUT2D eigenvalue weighted by atomic mass is 9.94. The van der Waals surface area contributed by atoms with Gasteiger partial charge < -0.3 is 5.32 Å². The van der Waals surface area contributed by atoms with Gasteiger partial charge in [0.2, 0.25) is 5.91 Å². The van der Waals surface area contributed by atoms with Crippen LogP contribution in [0.15, 0.2) is 0 Å². The van der Waals surface area contributed by atoms with Crippen LogP contribution in [0.3, 0.4) is 0 Å². The van der Waals surface area contributed by atoms with Gasteiger partial charge in [-0.05, 0) is 40.5 Å². The van der Waals surface area contributed by atoms with Crippen molar-refractivity contribution in [1.82, 2.24) is 10.4 Å². The molecular formula is C22H43N2O2. The Bertz CT molecular complexity index is 407. The highest BCUT2D eigenvalue weighted by Crippen LogP contribution is 2.39. The van der Waals surface area contributed by atoms with Crippen molar-refractivity contribution in [3.8, 4) is 0 Å². The minimum atomic E-state index is -0.531. The van der Waals surface area contributed by atoms with Crippen LogP contribution in [0.1, 0.15) is 118 Å². The number of unbranched alkanes of at least 4 members (excludes halogenated alkanes) is 10. The largest absolute Gasteiger partial charge is 0.351 e. The smallest absolute Gasteiger partial charge is 0.220 e. The molecule has 0 aliphatic carbocycles. The summed E-state index contributed by atoms with van der Waals surface area (Å²) in [5.41, 5.74) is -0.936. The van der Waals surface area contributed by atoms with Crippen molar-refractivity contribution in [2.45, 2.75) is 135 Å². The summed E-state index contributed by atoms with van der Waals surface area (Å²) < 4.78 is 0. The number of rotatable bonds is 13. The number of nitrogens with zero attached hydrogens (tertiary/aromatic N) is 1. The molecule has 0 aromatic heterocycles. The molecule has 0 spiro atoms. The van der Waals surface area contributed by atoms with Gasteiger partial charge in [0.05, 0.1) is 11.6 Å². The Kier molecular flexibility index (Phi) is 10.2. The number of hydroxylamine groups is 2. The summed E-state index contributed by atoms with van der Waals surface area (Å²) in [6.07, 6.45) is 15.5. The number of hydrogen-bond donors (Lipinski definition) is 1. The molecule has 1 radical (unpaired) electrons. The fraction of sp³-hybridized carbons (Fsp3) is 0.955. The molecule has 0 saturated carbocycles. The van der Waals surface area contributed by atoms with Crippen LogP contribution < -0.4 is 5.32 Å². The molecule has 4 heteroatoms. The summed E-state index contributed by atoms with van der Waals surface area (Å²) in [6, 6.07) is -0.0600. The molecule has 26 heavy (non-hydrogen) atoms. The van der Waals surface area contributed by atoms with E-state index < -0.39 is 11.1 Å². The highest BCUT2D eigenvalue weighted by atomic mass is 16.5. The third-order valence-corrected chi connectivity index (χ3v) is 5.97. The maximum absolute atomic E-state index is 12.4. The molecule has 0 bridgehead atoms. The molecule has 1 heterocycles. The molecule has 1 aliphatic heterocycles. The molecule has 1 rings (SSSR count). The Morgan fingerprint density at radius 3 is 1.77 bits per heavy atom. The molecule has 1 saturated heterocycles. The zero-order chi connectivity index (χ0) is 19.6.